The van der Waals surface area contributed by atoms with Gasteiger partial charge in [-0.15, -0.1) is 10.9 Å². The summed E-state index contributed by atoms with van der Waals surface area (Å²) in [4.78, 5) is 22.5. The molecule has 0 atom stereocenters. The van der Waals surface area contributed by atoms with Crippen LogP contribution in [0, 0.1) is 6.92 Å². The van der Waals surface area contributed by atoms with E-state index in [0.29, 0.717) is 28.3 Å². The van der Waals surface area contributed by atoms with Crippen LogP contribution in [0.4, 0.5) is 34.1 Å². The Kier molecular flexibility index (Phi) is 9.44. The molecule has 4 aromatic carbocycles. The molecule has 11 heteroatoms. The van der Waals surface area contributed by atoms with Crippen LogP contribution < -0.4 is 45.7 Å². The summed E-state index contributed by atoms with van der Waals surface area (Å²) in [6.07, 6.45) is 0. The summed E-state index contributed by atoms with van der Waals surface area (Å²) in [7, 11) is 0. The van der Waals surface area contributed by atoms with E-state index in [-0.39, 0.29) is 46.7 Å². The third kappa shape index (κ3) is 7.32. The molecule has 0 unspecified atom stereocenters. The second kappa shape index (κ2) is 12.7. The maximum atomic E-state index is 11.6. The quantitative estimate of drug-likeness (QED) is 0.155. The molecule has 0 aromatic heterocycles. The third-order valence-electron chi connectivity index (χ3n) is 5.29. The third-order valence-corrected chi connectivity index (χ3v) is 5.29. The predicted molar refractivity (Wildman–Crippen MR) is 138 cm³/mol. The van der Waals surface area contributed by atoms with Gasteiger partial charge < -0.3 is 21.3 Å². The Morgan fingerprint density at radius 3 is 1.68 bits per heavy atom. The van der Waals surface area contributed by atoms with Gasteiger partial charge in [-0.25, -0.2) is 4.79 Å². The minimum absolute atomic E-state index is 0. The van der Waals surface area contributed by atoms with Gasteiger partial charge in [0.25, 0.3) is 0 Å². The van der Waals surface area contributed by atoms with Crippen molar-refractivity contribution in [3.8, 4) is 16.9 Å². The number of nitrogens with one attached hydrogen (secondary N) is 1. The molecule has 0 spiro atoms. The average molecular weight is 516 g/mol. The van der Waals surface area contributed by atoms with Crippen molar-refractivity contribution >= 4 is 46.0 Å². The van der Waals surface area contributed by atoms with E-state index < -0.39 is 11.9 Å². The summed E-state index contributed by atoms with van der Waals surface area (Å²) in [5.41, 5.74) is 11.1. The fourth-order valence-electron chi connectivity index (χ4n) is 3.25. The zero-order valence-electron chi connectivity index (χ0n) is 20.6. The van der Waals surface area contributed by atoms with E-state index in [4.69, 9.17) is 10.8 Å². The Hall–Kier alpha value is -4.38. The molecular formula is C27H21N6NaO4. The molecule has 4 aromatic rings. The van der Waals surface area contributed by atoms with Gasteiger partial charge in [-0.05, 0) is 72.1 Å². The fraction of sp³-hybridized carbons (Fsp3) is 0.0370. The summed E-state index contributed by atoms with van der Waals surface area (Å²) >= 11 is 0. The number of nitrogen functional groups attached to an aromatic ring is 1. The van der Waals surface area contributed by atoms with Gasteiger partial charge in [0.05, 0.1) is 22.7 Å². The number of benzene rings is 4. The number of nitrogens with two attached hydrogens (primary N) is 1. The van der Waals surface area contributed by atoms with E-state index in [9.17, 15) is 14.7 Å². The molecule has 38 heavy (non-hydrogen) atoms. The van der Waals surface area contributed by atoms with Crippen molar-refractivity contribution in [1.82, 2.24) is 0 Å². The Morgan fingerprint density at radius 1 is 0.763 bits per heavy atom. The van der Waals surface area contributed by atoms with Gasteiger partial charge in [-0.2, -0.15) is 15.3 Å². The largest absolute Gasteiger partial charge is 1.00 e. The number of nitrogens with zero attached hydrogens (tertiary/aromatic N) is 4. The van der Waals surface area contributed by atoms with Gasteiger partial charge in [-0.1, -0.05) is 36.4 Å². The zero-order chi connectivity index (χ0) is 26.4. The molecule has 0 fully saturated rings. The summed E-state index contributed by atoms with van der Waals surface area (Å²) in [5.74, 6) is -2.90. The first kappa shape index (κ1) is 28.2. The van der Waals surface area contributed by atoms with Crippen molar-refractivity contribution in [2.75, 3.05) is 11.1 Å². The molecule has 1 amide bonds. The number of carboxylic acids is 1. The number of carboxylic acid groups (broad SMARTS) is 1. The first-order chi connectivity index (χ1) is 17.8. The van der Waals surface area contributed by atoms with Gasteiger partial charge in [0, 0.05) is 5.69 Å². The van der Waals surface area contributed by atoms with Crippen LogP contribution in [0.25, 0.3) is 11.1 Å². The summed E-state index contributed by atoms with van der Waals surface area (Å²) in [6, 6.07) is 24.0. The SMILES string of the molecule is Cc1cc(N=Nc2ccc(-c3ccc(N=Nc4ccc([O-])cc4)cc3)cc2)c(NC(=O)C(=O)O)cc1N.[Na+]. The number of anilines is 2. The molecule has 0 aliphatic rings. The standard InChI is InChI=1S/C27H22N6O4.Na/c1-16-14-25(24(15-23(16)28)29-26(35)27(36)37)33-32-20-8-4-18(5-9-20)17-2-6-19(7-3-17)30-31-21-10-12-22(34)13-11-21;/h2-15,34H,28H2,1H3,(H,29,35)(H,36,37);/q;+1/p-1. The number of carbonyl (C=O) groups is 2. The Labute approximate surface area is 240 Å². The number of hydrogen-bond acceptors (Lipinski definition) is 8. The first-order valence-electron chi connectivity index (χ1n) is 11.0. The molecule has 0 radical (unpaired) electrons. The van der Waals surface area contributed by atoms with E-state index in [2.05, 4.69) is 25.8 Å². The number of aliphatic carboxylic acids is 1. The monoisotopic (exact) mass is 516 g/mol. The number of rotatable bonds is 6. The topological polar surface area (TPSA) is 165 Å². The van der Waals surface area contributed by atoms with E-state index in [1.165, 1.54) is 18.2 Å². The number of aryl methyl sites for hydroxylation is 1. The van der Waals surface area contributed by atoms with Crippen LogP contribution in [0.15, 0.2) is 105 Å². The number of hydrogen-bond donors (Lipinski definition) is 3. The van der Waals surface area contributed by atoms with Crippen molar-refractivity contribution in [3.63, 3.8) is 0 Å². The molecule has 0 saturated carbocycles. The van der Waals surface area contributed by atoms with Gasteiger partial charge in [0.15, 0.2) is 0 Å². The van der Waals surface area contributed by atoms with Crippen LogP contribution in [-0.2, 0) is 9.59 Å². The van der Waals surface area contributed by atoms with E-state index in [1.807, 2.05) is 36.4 Å². The summed E-state index contributed by atoms with van der Waals surface area (Å²) in [6.45, 7) is 1.77. The van der Waals surface area contributed by atoms with Crippen LogP contribution in [0.3, 0.4) is 0 Å². The van der Waals surface area contributed by atoms with Crippen molar-refractivity contribution in [2.45, 2.75) is 6.92 Å². The fourth-order valence-corrected chi connectivity index (χ4v) is 3.25. The van der Waals surface area contributed by atoms with Crippen LogP contribution in [-0.4, -0.2) is 17.0 Å². The molecule has 0 aliphatic carbocycles. The molecule has 184 valence electrons. The minimum atomic E-state index is -1.62. The molecule has 10 nitrogen and oxygen atoms in total. The second-order valence-corrected chi connectivity index (χ2v) is 7.97. The van der Waals surface area contributed by atoms with Crippen molar-refractivity contribution in [3.05, 3.63) is 90.5 Å². The molecule has 0 bridgehead atoms. The summed E-state index contributed by atoms with van der Waals surface area (Å²) < 4.78 is 0. The molecule has 4 rings (SSSR count). The van der Waals surface area contributed by atoms with Gasteiger partial charge in [-0.3, -0.25) is 4.79 Å². The van der Waals surface area contributed by atoms with Gasteiger partial charge in [0.2, 0.25) is 0 Å². The van der Waals surface area contributed by atoms with Gasteiger partial charge in [0.1, 0.15) is 5.69 Å². The number of carbonyl (C=O) groups excluding carboxylic acids is 1. The zero-order valence-corrected chi connectivity index (χ0v) is 22.6. The van der Waals surface area contributed by atoms with E-state index in [1.54, 1.807) is 37.3 Å². The Balaban J connectivity index is 0.00000400. The first-order valence-corrected chi connectivity index (χ1v) is 11.0. The van der Waals surface area contributed by atoms with Crippen LogP contribution >= 0.6 is 0 Å². The molecule has 4 N–H and O–H groups in total. The Morgan fingerprint density at radius 2 is 1.21 bits per heavy atom. The van der Waals surface area contributed by atoms with E-state index >= 15 is 0 Å². The number of azo groups is 2. The normalized spacial score (nSPS) is 10.9. The summed E-state index contributed by atoms with van der Waals surface area (Å²) in [5, 5.41) is 39.0. The molecular weight excluding hydrogens is 495 g/mol. The van der Waals surface area contributed by atoms with E-state index in [0.717, 1.165) is 11.1 Å². The molecule has 0 saturated heterocycles. The van der Waals surface area contributed by atoms with Crippen molar-refractivity contribution < 1.29 is 49.4 Å². The van der Waals surface area contributed by atoms with Crippen LogP contribution in [0.2, 0.25) is 0 Å². The van der Waals surface area contributed by atoms with Gasteiger partial charge >= 0.3 is 41.4 Å². The maximum Gasteiger partial charge on any atom is 1.00 e. The molecule has 0 heterocycles. The Bertz CT molecular complexity index is 1500. The van der Waals surface area contributed by atoms with Crippen molar-refractivity contribution in [2.24, 2.45) is 20.5 Å². The van der Waals surface area contributed by atoms with Crippen LogP contribution in [0.5, 0.6) is 5.75 Å². The van der Waals surface area contributed by atoms with Crippen LogP contribution in [0.1, 0.15) is 5.56 Å². The average Bonchev–Trinajstić information content (AvgIpc) is 2.90. The smallest absolute Gasteiger partial charge is 0.872 e. The second-order valence-electron chi connectivity index (χ2n) is 7.97. The number of amides is 1. The predicted octanol–water partition coefficient (Wildman–Crippen LogP) is 3.18. The minimum Gasteiger partial charge on any atom is -0.872 e. The van der Waals surface area contributed by atoms with Crippen molar-refractivity contribution in [1.29, 1.82) is 0 Å². The maximum absolute atomic E-state index is 11.6. The molecule has 0 aliphatic heterocycles.